The molecule has 0 amide bonds. The van der Waals surface area contributed by atoms with Gasteiger partial charge in [-0.05, 0) is 47.7 Å². The van der Waals surface area contributed by atoms with Crippen LogP contribution >= 0.6 is 0 Å². The predicted octanol–water partition coefficient (Wildman–Crippen LogP) is 3.00. The van der Waals surface area contributed by atoms with Crippen LogP contribution in [0.25, 0.3) is 33.6 Å². The molecule has 0 bridgehead atoms. The number of aromatic nitrogens is 6. The number of carbonyl (C=O) groups is 1. The van der Waals surface area contributed by atoms with Gasteiger partial charge in [0.1, 0.15) is 11.4 Å². The smallest absolute Gasteiger partial charge is 0.358 e. The van der Waals surface area contributed by atoms with Crippen LogP contribution in [0.4, 0.5) is 0 Å². The molecular formula is C20H16N6O2. The molecule has 0 saturated heterocycles. The van der Waals surface area contributed by atoms with Crippen molar-refractivity contribution in [1.29, 1.82) is 0 Å². The zero-order valence-electron chi connectivity index (χ0n) is 15.1. The standard InChI is InChI=1S/C20H16N6O2/c1-2-28-20(27)19-18(23-26-24-19)12-4-6-16-14(8-12)9-13-7-11(3-5-15(13)16)17-10-21-25-22-17/h3-8,10H,2,9H2,1H3,(H,21,22,25)(H,23,24,26). The van der Waals surface area contributed by atoms with Crippen LogP contribution in [0.5, 0.6) is 0 Å². The maximum Gasteiger partial charge on any atom is 0.358 e. The minimum absolute atomic E-state index is 0.269. The molecule has 5 rings (SSSR count). The fourth-order valence-corrected chi connectivity index (χ4v) is 3.64. The number of esters is 1. The summed E-state index contributed by atoms with van der Waals surface area (Å²) < 4.78 is 5.08. The van der Waals surface area contributed by atoms with Crippen molar-refractivity contribution < 1.29 is 9.53 Å². The van der Waals surface area contributed by atoms with Gasteiger partial charge in [0.25, 0.3) is 0 Å². The molecule has 2 aromatic heterocycles. The van der Waals surface area contributed by atoms with Crippen LogP contribution in [0.2, 0.25) is 0 Å². The molecule has 0 radical (unpaired) electrons. The molecule has 0 unspecified atom stereocenters. The van der Waals surface area contributed by atoms with E-state index in [4.69, 9.17) is 4.74 Å². The molecular weight excluding hydrogens is 356 g/mol. The van der Waals surface area contributed by atoms with E-state index in [0.717, 1.165) is 23.2 Å². The molecule has 28 heavy (non-hydrogen) atoms. The lowest BCUT2D eigenvalue weighted by Crippen LogP contribution is -2.06. The largest absolute Gasteiger partial charge is 0.461 e. The first-order valence-electron chi connectivity index (χ1n) is 8.96. The normalized spacial score (nSPS) is 11.9. The quantitative estimate of drug-likeness (QED) is 0.469. The van der Waals surface area contributed by atoms with E-state index in [1.165, 1.54) is 22.3 Å². The van der Waals surface area contributed by atoms with Gasteiger partial charge in [-0.1, -0.05) is 34.7 Å². The fourth-order valence-electron chi connectivity index (χ4n) is 3.64. The number of rotatable bonds is 4. The van der Waals surface area contributed by atoms with Crippen molar-refractivity contribution in [3.63, 3.8) is 0 Å². The lowest BCUT2D eigenvalue weighted by atomic mass is 10.0. The van der Waals surface area contributed by atoms with Crippen LogP contribution in [-0.2, 0) is 11.2 Å². The zero-order valence-corrected chi connectivity index (χ0v) is 15.1. The summed E-state index contributed by atoms with van der Waals surface area (Å²) in [6, 6.07) is 12.4. The van der Waals surface area contributed by atoms with Crippen molar-refractivity contribution in [3.8, 4) is 33.6 Å². The van der Waals surface area contributed by atoms with Crippen molar-refractivity contribution in [1.82, 2.24) is 30.8 Å². The van der Waals surface area contributed by atoms with E-state index in [1.807, 2.05) is 6.07 Å². The zero-order chi connectivity index (χ0) is 19.1. The molecule has 2 aromatic carbocycles. The molecule has 0 saturated carbocycles. The fraction of sp³-hybridized carbons (Fsp3) is 0.150. The van der Waals surface area contributed by atoms with Crippen molar-refractivity contribution in [3.05, 3.63) is 59.4 Å². The van der Waals surface area contributed by atoms with Crippen molar-refractivity contribution in [2.45, 2.75) is 13.3 Å². The van der Waals surface area contributed by atoms with E-state index < -0.39 is 5.97 Å². The number of hydrogen-bond acceptors (Lipinski definition) is 6. The average Bonchev–Trinajstić information content (AvgIpc) is 3.45. The van der Waals surface area contributed by atoms with Crippen LogP contribution in [0.1, 0.15) is 28.5 Å². The van der Waals surface area contributed by atoms with E-state index in [1.54, 1.807) is 13.1 Å². The van der Waals surface area contributed by atoms with Gasteiger partial charge in [-0.15, -0.1) is 10.2 Å². The lowest BCUT2D eigenvalue weighted by Gasteiger charge is -2.05. The SMILES string of the molecule is CCOC(=O)c1[nH]nnc1-c1ccc2c(c1)Cc1cc(-c3c[nH]nn3)ccc1-2. The third kappa shape index (κ3) is 2.58. The number of fused-ring (bicyclic) bond motifs is 3. The number of ether oxygens (including phenoxy) is 1. The molecule has 1 aliphatic carbocycles. The maximum atomic E-state index is 12.1. The molecule has 1 aliphatic rings. The molecule has 138 valence electrons. The predicted molar refractivity (Wildman–Crippen MR) is 101 cm³/mol. The Morgan fingerprint density at radius 1 is 1.04 bits per heavy atom. The summed E-state index contributed by atoms with van der Waals surface area (Å²) in [5.74, 6) is -0.455. The van der Waals surface area contributed by atoms with Gasteiger partial charge in [-0.2, -0.15) is 0 Å². The molecule has 0 spiro atoms. The van der Waals surface area contributed by atoms with Crippen LogP contribution in [-0.4, -0.2) is 43.4 Å². The molecule has 0 fully saturated rings. The molecule has 0 aliphatic heterocycles. The van der Waals surface area contributed by atoms with Crippen LogP contribution in [0.15, 0.2) is 42.6 Å². The number of H-pyrrole nitrogens is 2. The molecule has 8 heteroatoms. The van der Waals surface area contributed by atoms with E-state index >= 15 is 0 Å². The van der Waals surface area contributed by atoms with Crippen molar-refractivity contribution >= 4 is 5.97 Å². The highest BCUT2D eigenvalue weighted by molar-refractivity contribution is 5.94. The minimum atomic E-state index is -0.455. The number of aromatic amines is 2. The van der Waals surface area contributed by atoms with Crippen molar-refractivity contribution in [2.24, 2.45) is 0 Å². The lowest BCUT2D eigenvalue weighted by molar-refractivity contribution is 0.0520. The average molecular weight is 372 g/mol. The maximum absolute atomic E-state index is 12.1. The second-order valence-electron chi connectivity index (χ2n) is 6.54. The summed E-state index contributed by atoms with van der Waals surface area (Å²) in [5, 5.41) is 21.1. The van der Waals surface area contributed by atoms with Crippen molar-refractivity contribution in [2.75, 3.05) is 6.61 Å². The van der Waals surface area contributed by atoms with E-state index in [0.29, 0.717) is 12.3 Å². The third-order valence-corrected chi connectivity index (χ3v) is 4.90. The van der Waals surface area contributed by atoms with Crippen LogP contribution < -0.4 is 0 Å². The first kappa shape index (κ1) is 16.4. The number of carbonyl (C=O) groups excluding carboxylic acids is 1. The van der Waals surface area contributed by atoms with Gasteiger partial charge in [-0.3, -0.25) is 10.2 Å². The number of nitrogens with one attached hydrogen (secondary N) is 2. The first-order valence-corrected chi connectivity index (χ1v) is 8.96. The number of benzene rings is 2. The Bertz CT molecular complexity index is 1180. The minimum Gasteiger partial charge on any atom is -0.461 e. The third-order valence-electron chi connectivity index (χ3n) is 4.90. The summed E-state index contributed by atoms with van der Waals surface area (Å²) in [6.07, 6.45) is 2.58. The highest BCUT2D eigenvalue weighted by atomic mass is 16.5. The molecule has 2 N–H and O–H groups in total. The second-order valence-corrected chi connectivity index (χ2v) is 6.54. The van der Waals surface area contributed by atoms with Gasteiger partial charge in [0.2, 0.25) is 0 Å². The molecule has 2 heterocycles. The summed E-state index contributed by atoms with van der Waals surface area (Å²) in [5.41, 5.74) is 8.26. The Labute approximate surface area is 160 Å². The van der Waals surface area contributed by atoms with E-state index in [-0.39, 0.29) is 5.69 Å². The van der Waals surface area contributed by atoms with Gasteiger partial charge >= 0.3 is 5.97 Å². The Morgan fingerprint density at radius 2 is 1.79 bits per heavy atom. The summed E-state index contributed by atoms with van der Waals surface area (Å²) in [6.45, 7) is 2.06. The van der Waals surface area contributed by atoms with Gasteiger partial charge in [-0.25, -0.2) is 4.79 Å². The van der Waals surface area contributed by atoms with Gasteiger partial charge in [0, 0.05) is 17.3 Å². The van der Waals surface area contributed by atoms with Crippen LogP contribution in [0.3, 0.4) is 0 Å². The molecule has 8 nitrogen and oxygen atoms in total. The molecule has 0 atom stereocenters. The van der Waals surface area contributed by atoms with Gasteiger partial charge in [0.15, 0.2) is 5.69 Å². The van der Waals surface area contributed by atoms with E-state index in [9.17, 15) is 4.79 Å². The highest BCUT2D eigenvalue weighted by Gasteiger charge is 2.23. The summed E-state index contributed by atoms with van der Waals surface area (Å²) >= 11 is 0. The second kappa shape index (κ2) is 6.41. The summed E-state index contributed by atoms with van der Waals surface area (Å²) in [7, 11) is 0. The van der Waals surface area contributed by atoms with Crippen LogP contribution in [0, 0.1) is 0 Å². The van der Waals surface area contributed by atoms with Gasteiger partial charge in [0.05, 0.1) is 6.61 Å². The Balaban J connectivity index is 1.51. The number of hydrogen-bond donors (Lipinski definition) is 2. The number of nitrogens with zero attached hydrogens (tertiary/aromatic N) is 4. The monoisotopic (exact) mass is 372 g/mol. The summed E-state index contributed by atoms with van der Waals surface area (Å²) in [4.78, 5) is 12.1. The first-order chi connectivity index (χ1) is 13.7. The Morgan fingerprint density at radius 3 is 2.50 bits per heavy atom. The topological polar surface area (TPSA) is 109 Å². The molecule has 4 aromatic rings. The van der Waals surface area contributed by atoms with Gasteiger partial charge < -0.3 is 4.74 Å². The Hall–Kier alpha value is -3.81. The highest BCUT2D eigenvalue weighted by Crippen LogP contribution is 2.40. The Kier molecular flexibility index (Phi) is 3.75. The van der Waals surface area contributed by atoms with E-state index in [2.05, 4.69) is 61.2 Å².